The topological polar surface area (TPSA) is 105 Å². The number of quaternary nitrogens is 1. The molecule has 0 saturated heterocycles. The maximum Gasteiger partial charge on any atom is 0.472 e. The zero-order valence-electron chi connectivity index (χ0n) is 39.6. The molecule has 0 bridgehead atoms. The van der Waals surface area contributed by atoms with E-state index >= 15 is 0 Å². The minimum absolute atomic E-state index is 0.0783. The Balaban J connectivity index is 3.97. The highest BCUT2D eigenvalue weighted by Crippen LogP contribution is 2.43. The molecule has 0 rings (SSSR count). The second kappa shape index (κ2) is 41.8. The lowest BCUT2D eigenvalue weighted by atomic mass is 10.0. The highest BCUT2D eigenvalue weighted by molar-refractivity contribution is 7.47. The van der Waals surface area contributed by atoms with E-state index in [2.05, 4.69) is 19.2 Å². The summed E-state index contributed by atoms with van der Waals surface area (Å²) in [6.07, 6.45) is 47.4. The summed E-state index contributed by atoms with van der Waals surface area (Å²) in [5.41, 5.74) is 0. The number of likely N-dealkylation sites (N-methyl/N-ethyl adjacent to an activating group) is 1. The van der Waals surface area contributed by atoms with Gasteiger partial charge in [-0.1, -0.05) is 239 Å². The Morgan fingerprint density at radius 3 is 1.16 bits per heavy atom. The number of aliphatic hydroxyl groups excluding tert-OH is 1. The van der Waals surface area contributed by atoms with Crippen molar-refractivity contribution in [1.82, 2.24) is 5.32 Å². The number of aliphatic hydroxyl groups is 1. The molecular formula is C49H102N2O6P+. The molecule has 0 aliphatic carbocycles. The first-order valence-corrected chi connectivity index (χ1v) is 26.9. The normalized spacial score (nSPS) is 14.1. The van der Waals surface area contributed by atoms with E-state index < -0.39 is 20.0 Å². The molecule has 0 aromatic rings. The van der Waals surface area contributed by atoms with Crippen molar-refractivity contribution in [2.45, 2.75) is 270 Å². The first kappa shape index (κ1) is 57.5. The molecule has 8 nitrogen and oxygen atoms in total. The summed E-state index contributed by atoms with van der Waals surface area (Å²) < 4.78 is 23.6. The molecule has 0 heterocycles. The molecule has 348 valence electrons. The van der Waals surface area contributed by atoms with Gasteiger partial charge in [0.1, 0.15) is 13.2 Å². The quantitative estimate of drug-likeness (QED) is 0.0320. The van der Waals surface area contributed by atoms with Crippen LogP contribution >= 0.6 is 7.82 Å². The fourth-order valence-electron chi connectivity index (χ4n) is 7.81. The SMILES string of the molecule is CCCCCCCCCCCCCCCCCCCCCCCCCCCCCCC(O)C(COP(=O)(O)OCC[N+](C)(C)C)NC(=O)CCCCCCCCCC. The summed E-state index contributed by atoms with van der Waals surface area (Å²) in [5.74, 6) is -0.146. The molecule has 9 heteroatoms. The fourth-order valence-corrected chi connectivity index (χ4v) is 8.55. The molecule has 0 radical (unpaired) electrons. The van der Waals surface area contributed by atoms with Crippen LogP contribution in [0.4, 0.5) is 0 Å². The van der Waals surface area contributed by atoms with Gasteiger partial charge >= 0.3 is 7.82 Å². The molecule has 58 heavy (non-hydrogen) atoms. The number of hydrogen-bond acceptors (Lipinski definition) is 5. The third kappa shape index (κ3) is 43.6. The Morgan fingerprint density at radius 2 is 0.828 bits per heavy atom. The molecule has 0 fully saturated rings. The van der Waals surface area contributed by atoms with E-state index in [-0.39, 0.29) is 19.1 Å². The van der Waals surface area contributed by atoms with Gasteiger partial charge in [0.2, 0.25) is 5.91 Å². The Labute approximate surface area is 361 Å². The van der Waals surface area contributed by atoms with Gasteiger partial charge in [0.15, 0.2) is 0 Å². The van der Waals surface area contributed by atoms with Crippen LogP contribution < -0.4 is 5.32 Å². The van der Waals surface area contributed by atoms with E-state index in [0.29, 0.717) is 23.9 Å². The monoisotopic (exact) mass is 846 g/mol. The Hall–Kier alpha value is -0.500. The van der Waals surface area contributed by atoms with Crippen molar-refractivity contribution in [2.24, 2.45) is 0 Å². The van der Waals surface area contributed by atoms with Crippen LogP contribution in [0.2, 0.25) is 0 Å². The molecule has 0 spiro atoms. The smallest absolute Gasteiger partial charge is 0.391 e. The third-order valence-corrected chi connectivity index (χ3v) is 12.8. The Kier molecular flexibility index (Phi) is 41.5. The van der Waals surface area contributed by atoms with Crippen LogP contribution in [-0.4, -0.2) is 73.4 Å². The highest BCUT2D eigenvalue weighted by Gasteiger charge is 2.28. The van der Waals surface area contributed by atoms with Crippen LogP contribution in [0.25, 0.3) is 0 Å². The number of carbonyl (C=O) groups excluding carboxylic acids is 1. The molecular weight excluding hydrogens is 744 g/mol. The van der Waals surface area contributed by atoms with E-state index in [0.717, 1.165) is 38.5 Å². The second-order valence-electron chi connectivity index (χ2n) is 18.9. The molecule has 0 aromatic carbocycles. The number of hydrogen-bond donors (Lipinski definition) is 3. The summed E-state index contributed by atoms with van der Waals surface area (Å²) in [6.45, 7) is 4.88. The zero-order chi connectivity index (χ0) is 42.8. The van der Waals surface area contributed by atoms with E-state index in [9.17, 15) is 19.4 Å². The van der Waals surface area contributed by atoms with Crippen molar-refractivity contribution in [3.63, 3.8) is 0 Å². The molecule has 3 unspecified atom stereocenters. The van der Waals surface area contributed by atoms with Gasteiger partial charge in [-0.25, -0.2) is 4.57 Å². The number of unbranched alkanes of at least 4 members (excludes halogenated alkanes) is 34. The predicted molar refractivity (Wildman–Crippen MR) is 249 cm³/mol. The van der Waals surface area contributed by atoms with Gasteiger partial charge in [-0.2, -0.15) is 0 Å². The Morgan fingerprint density at radius 1 is 0.517 bits per heavy atom. The van der Waals surface area contributed by atoms with Crippen LogP contribution in [0.3, 0.4) is 0 Å². The largest absolute Gasteiger partial charge is 0.472 e. The highest BCUT2D eigenvalue weighted by atomic mass is 31.2. The molecule has 3 atom stereocenters. The average Bonchev–Trinajstić information content (AvgIpc) is 3.17. The Bertz CT molecular complexity index is 916. The molecule has 1 amide bonds. The van der Waals surface area contributed by atoms with Gasteiger partial charge in [0.05, 0.1) is 39.9 Å². The molecule has 3 N–H and O–H groups in total. The second-order valence-corrected chi connectivity index (χ2v) is 20.4. The average molecular weight is 846 g/mol. The van der Waals surface area contributed by atoms with Crippen molar-refractivity contribution in [2.75, 3.05) is 40.9 Å². The number of carbonyl (C=O) groups is 1. The van der Waals surface area contributed by atoms with Crippen molar-refractivity contribution in [3.8, 4) is 0 Å². The summed E-state index contributed by atoms with van der Waals surface area (Å²) in [7, 11) is 1.63. The lowest BCUT2D eigenvalue weighted by Gasteiger charge is -2.26. The predicted octanol–water partition coefficient (Wildman–Crippen LogP) is 14.5. The van der Waals surface area contributed by atoms with Gasteiger partial charge in [-0.15, -0.1) is 0 Å². The van der Waals surface area contributed by atoms with Crippen LogP contribution in [0, 0.1) is 0 Å². The van der Waals surface area contributed by atoms with Gasteiger partial charge in [0, 0.05) is 6.42 Å². The molecule has 0 aliphatic heterocycles. The van der Waals surface area contributed by atoms with Crippen molar-refractivity contribution >= 4 is 13.7 Å². The van der Waals surface area contributed by atoms with Gasteiger partial charge in [-0.3, -0.25) is 13.8 Å². The standard InChI is InChI=1S/C49H101N2O6P/c1-6-8-10-12-14-16-17-18-19-20-21-22-23-24-25-26-27-28-29-30-31-32-33-34-35-36-38-40-42-48(52)47(46-57-58(54,55)56-45-44-51(3,4)5)50-49(53)43-41-39-37-15-13-11-9-7-2/h47-48,52H,6-46H2,1-5H3,(H-,50,53,54,55)/p+1. The lowest BCUT2D eigenvalue weighted by molar-refractivity contribution is -0.870. The minimum Gasteiger partial charge on any atom is -0.391 e. The number of rotatable bonds is 47. The van der Waals surface area contributed by atoms with Crippen molar-refractivity contribution in [3.05, 3.63) is 0 Å². The number of nitrogens with zero attached hydrogens (tertiary/aromatic N) is 1. The maximum atomic E-state index is 12.8. The third-order valence-electron chi connectivity index (χ3n) is 11.9. The van der Waals surface area contributed by atoms with E-state index in [1.165, 1.54) is 193 Å². The summed E-state index contributed by atoms with van der Waals surface area (Å²) in [6, 6.07) is -0.752. The minimum atomic E-state index is -4.30. The number of nitrogens with one attached hydrogen (secondary N) is 1. The first-order chi connectivity index (χ1) is 28.0. The number of phosphoric acid groups is 1. The summed E-state index contributed by atoms with van der Waals surface area (Å²) in [5, 5.41) is 13.9. The molecule has 0 aromatic heterocycles. The molecule has 0 saturated carbocycles. The van der Waals surface area contributed by atoms with E-state index in [4.69, 9.17) is 9.05 Å². The van der Waals surface area contributed by atoms with Gasteiger partial charge < -0.3 is 19.8 Å². The van der Waals surface area contributed by atoms with Crippen LogP contribution in [0.1, 0.15) is 258 Å². The van der Waals surface area contributed by atoms with Crippen LogP contribution in [0.5, 0.6) is 0 Å². The fraction of sp³-hybridized carbons (Fsp3) is 0.980. The van der Waals surface area contributed by atoms with Gasteiger partial charge in [-0.05, 0) is 12.8 Å². The zero-order valence-corrected chi connectivity index (χ0v) is 40.5. The lowest BCUT2D eigenvalue weighted by Crippen LogP contribution is -2.46. The van der Waals surface area contributed by atoms with Crippen molar-refractivity contribution < 1.29 is 32.9 Å². The van der Waals surface area contributed by atoms with E-state index in [1.807, 2.05) is 21.1 Å². The van der Waals surface area contributed by atoms with Crippen LogP contribution in [-0.2, 0) is 18.4 Å². The maximum absolute atomic E-state index is 12.8. The van der Waals surface area contributed by atoms with Crippen LogP contribution in [0.15, 0.2) is 0 Å². The molecule has 0 aliphatic rings. The van der Waals surface area contributed by atoms with Crippen molar-refractivity contribution in [1.29, 1.82) is 0 Å². The first-order valence-electron chi connectivity index (χ1n) is 25.4. The summed E-state index contributed by atoms with van der Waals surface area (Å²) >= 11 is 0. The van der Waals surface area contributed by atoms with E-state index in [1.54, 1.807) is 0 Å². The summed E-state index contributed by atoms with van der Waals surface area (Å²) in [4.78, 5) is 23.0. The van der Waals surface area contributed by atoms with Gasteiger partial charge in [0.25, 0.3) is 0 Å². The number of amides is 1. The number of phosphoric ester groups is 1.